The van der Waals surface area contributed by atoms with Crippen LogP contribution in [0, 0.1) is 11.3 Å². The second-order valence-electron chi connectivity index (χ2n) is 8.33. The summed E-state index contributed by atoms with van der Waals surface area (Å²) in [7, 11) is 0. The van der Waals surface area contributed by atoms with E-state index in [1.165, 1.54) is 0 Å². The van der Waals surface area contributed by atoms with Crippen molar-refractivity contribution in [1.29, 1.82) is 5.26 Å². The second kappa shape index (κ2) is 8.98. The van der Waals surface area contributed by atoms with Gasteiger partial charge in [0.2, 0.25) is 0 Å². The minimum Gasteiger partial charge on any atom is -0.395 e. The van der Waals surface area contributed by atoms with E-state index in [1.807, 2.05) is 70.2 Å². The van der Waals surface area contributed by atoms with Gasteiger partial charge in [-0.05, 0) is 48.0 Å². The Kier molecular flexibility index (Phi) is 5.37. The van der Waals surface area contributed by atoms with E-state index in [4.69, 9.17) is 15.3 Å². The Bertz CT molecular complexity index is 1720. The molecule has 0 aliphatic rings. The van der Waals surface area contributed by atoms with Crippen molar-refractivity contribution in [3.8, 4) is 23.0 Å². The summed E-state index contributed by atoms with van der Waals surface area (Å²) in [6, 6.07) is 19.6. The van der Waals surface area contributed by atoms with Gasteiger partial charge in [-0.15, -0.1) is 5.10 Å². The maximum absolute atomic E-state index is 9.31. The van der Waals surface area contributed by atoms with Crippen LogP contribution >= 0.6 is 0 Å². The van der Waals surface area contributed by atoms with Gasteiger partial charge in [-0.3, -0.25) is 9.78 Å². The number of nitrogens with one attached hydrogen (secondary N) is 2. The van der Waals surface area contributed by atoms with E-state index in [9.17, 15) is 5.11 Å². The first-order chi connectivity index (χ1) is 17.7. The molecular formula is C26H21N9O. The number of aromatic amines is 1. The molecule has 0 fully saturated rings. The van der Waals surface area contributed by atoms with Crippen LogP contribution < -0.4 is 5.32 Å². The van der Waals surface area contributed by atoms with Crippen molar-refractivity contribution >= 4 is 27.8 Å². The molecule has 6 rings (SSSR count). The largest absolute Gasteiger partial charge is 0.395 e. The van der Waals surface area contributed by atoms with Crippen molar-refractivity contribution in [2.45, 2.75) is 6.54 Å². The summed E-state index contributed by atoms with van der Waals surface area (Å²) in [6.07, 6.45) is 5.35. The molecule has 36 heavy (non-hydrogen) atoms. The number of hydrogen-bond acceptors (Lipinski definition) is 7. The first-order valence-electron chi connectivity index (χ1n) is 11.4. The maximum atomic E-state index is 9.31. The molecule has 2 aromatic carbocycles. The maximum Gasteiger partial charge on any atom is 0.175 e. The quantitative estimate of drug-likeness (QED) is 0.322. The minimum atomic E-state index is -0.0128. The van der Waals surface area contributed by atoms with Gasteiger partial charge in [0, 0.05) is 29.9 Å². The third-order valence-corrected chi connectivity index (χ3v) is 6.02. The predicted molar refractivity (Wildman–Crippen MR) is 136 cm³/mol. The van der Waals surface area contributed by atoms with Gasteiger partial charge < -0.3 is 10.4 Å². The molecule has 4 heterocycles. The molecule has 0 radical (unpaired) electrons. The van der Waals surface area contributed by atoms with Crippen LogP contribution in [-0.4, -0.2) is 53.0 Å². The molecule has 4 aromatic heterocycles. The Morgan fingerprint density at radius 2 is 1.94 bits per heavy atom. The van der Waals surface area contributed by atoms with Gasteiger partial charge in [0.1, 0.15) is 5.52 Å². The topological polar surface area (TPSA) is 133 Å². The van der Waals surface area contributed by atoms with Crippen LogP contribution in [0.25, 0.3) is 38.9 Å². The van der Waals surface area contributed by atoms with E-state index in [0.717, 1.165) is 38.9 Å². The minimum absolute atomic E-state index is 0.0128. The van der Waals surface area contributed by atoms with Gasteiger partial charge in [-0.1, -0.05) is 12.1 Å². The van der Waals surface area contributed by atoms with E-state index in [-0.39, 0.29) is 6.61 Å². The molecule has 10 nitrogen and oxygen atoms in total. The fourth-order valence-corrected chi connectivity index (χ4v) is 4.25. The van der Waals surface area contributed by atoms with E-state index in [1.54, 1.807) is 12.4 Å². The number of H-pyrrole nitrogens is 1. The summed E-state index contributed by atoms with van der Waals surface area (Å²) in [5.41, 5.74) is 6.77. The number of anilines is 1. The van der Waals surface area contributed by atoms with Gasteiger partial charge in [0.25, 0.3) is 0 Å². The number of aliphatic hydroxyl groups excluding tert-OH is 1. The standard InChI is InChI=1S/C26H21N9O/c27-13-17-1-3-18(4-2-17)16-34-23(7-8-31-34)20-11-24-25(29-14-20)26(28-9-10-36)33-35(24)21-6-5-19-15-30-32-22(19)12-21/h1-8,11-12,14-15,36H,9-10,16H2,(H,28,33)(H,30,32). The molecule has 0 spiro atoms. The Balaban J connectivity index is 1.43. The van der Waals surface area contributed by atoms with Gasteiger partial charge in [-0.25, -0.2) is 9.67 Å². The third-order valence-electron chi connectivity index (χ3n) is 6.02. The third kappa shape index (κ3) is 3.83. The highest BCUT2D eigenvalue weighted by molar-refractivity contribution is 5.91. The van der Waals surface area contributed by atoms with E-state index in [0.29, 0.717) is 30.0 Å². The number of pyridine rings is 1. The molecule has 0 aliphatic heterocycles. The first kappa shape index (κ1) is 21.5. The molecular weight excluding hydrogens is 454 g/mol. The van der Waals surface area contributed by atoms with Crippen LogP contribution in [0.2, 0.25) is 0 Å². The summed E-state index contributed by atoms with van der Waals surface area (Å²) in [4.78, 5) is 4.73. The van der Waals surface area contributed by atoms with E-state index in [2.05, 4.69) is 26.7 Å². The molecule has 0 atom stereocenters. The molecule has 0 aliphatic carbocycles. The Labute approximate surface area is 205 Å². The van der Waals surface area contributed by atoms with Crippen molar-refractivity contribution in [2.24, 2.45) is 0 Å². The lowest BCUT2D eigenvalue weighted by Gasteiger charge is -2.09. The van der Waals surface area contributed by atoms with Crippen LogP contribution in [0.3, 0.4) is 0 Å². The highest BCUT2D eigenvalue weighted by Gasteiger charge is 2.16. The van der Waals surface area contributed by atoms with Crippen LogP contribution in [0.15, 0.2) is 73.2 Å². The van der Waals surface area contributed by atoms with Gasteiger partial charge >= 0.3 is 0 Å². The average molecular weight is 476 g/mol. The molecule has 0 unspecified atom stereocenters. The fraction of sp³-hybridized carbons (Fsp3) is 0.115. The van der Waals surface area contributed by atoms with Crippen molar-refractivity contribution in [3.63, 3.8) is 0 Å². The number of benzene rings is 2. The number of aromatic nitrogens is 7. The predicted octanol–water partition coefficient (Wildman–Crippen LogP) is 3.48. The highest BCUT2D eigenvalue weighted by atomic mass is 16.3. The summed E-state index contributed by atoms with van der Waals surface area (Å²) in [5.74, 6) is 0.599. The number of fused-ring (bicyclic) bond motifs is 2. The van der Waals surface area contributed by atoms with E-state index < -0.39 is 0 Å². The second-order valence-corrected chi connectivity index (χ2v) is 8.33. The molecule has 3 N–H and O–H groups in total. The summed E-state index contributed by atoms with van der Waals surface area (Å²) < 4.78 is 3.75. The number of aliphatic hydroxyl groups is 1. The molecule has 0 bridgehead atoms. The fourth-order valence-electron chi connectivity index (χ4n) is 4.25. The van der Waals surface area contributed by atoms with Crippen LogP contribution in [-0.2, 0) is 6.54 Å². The van der Waals surface area contributed by atoms with Crippen molar-refractivity contribution in [3.05, 3.63) is 84.3 Å². The zero-order valence-electron chi connectivity index (χ0n) is 19.1. The van der Waals surface area contributed by atoms with Gasteiger partial charge in [-0.2, -0.15) is 15.5 Å². The Morgan fingerprint density at radius 1 is 1.06 bits per heavy atom. The van der Waals surface area contributed by atoms with Crippen LogP contribution in [0.1, 0.15) is 11.1 Å². The average Bonchev–Trinajstić information content (AvgIpc) is 3.66. The number of nitrogens with zero attached hydrogens (tertiary/aromatic N) is 7. The Hall–Kier alpha value is -5.01. The van der Waals surface area contributed by atoms with Crippen molar-refractivity contribution in [1.82, 2.24) is 34.7 Å². The van der Waals surface area contributed by atoms with Crippen LogP contribution in [0.4, 0.5) is 5.82 Å². The summed E-state index contributed by atoms with van der Waals surface area (Å²) in [6.45, 7) is 0.915. The monoisotopic (exact) mass is 475 g/mol. The smallest absolute Gasteiger partial charge is 0.175 e. The summed E-state index contributed by atoms with van der Waals surface area (Å²) >= 11 is 0. The van der Waals surface area contributed by atoms with Gasteiger partial charge in [0.15, 0.2) is 5.82 Å². The molecule has 0 saturated carbocycles. The lowest BCUT2D eigenvalue weighted by molar-refractivity contribution is 0.311. The zero-order valence-corrected chi connectivity index (χ0v) is 19.1. The lowest BCUT2D eigenvalue weighted by Crippen LogP contribution is -2.07. The van der Waals surface area contributed by atoms with E-state index >= 15 is 0 Å². The molecule has 6 aromatic rings. The zero-order chi connectivity index (χ0) is 24.5. The highest BCUT2D eigenvalue weighted by Crippen LogP contribution is 2.29. The number of nitriles is 1. The lowest BCUT2D eigenvalue weighted by atomic mass is 10.1. The molecule has 176 valence electrons. The van der Waals surface area contributed by atoms with Crippen molar-refractivity contribution < 1.29 is 5.11 Å². The SMILES string of the molecule is N#Cc1ccc(Cn2nccc2-c2cnc3c(NCCO)nn(-c4ccc5cn[nH]c5c4)c3c2)cc1. The molecule has 0 amide bonds. The normalized spacial score (nSPS) is 11.2. The van der Waals surface area contributed by atoms with Crippen molar-refractivity contribution in [2.75, 3.05) is 18.5 Å². The molecule has 0 saturated heterocycles. The van der Waals surface area contributed by atoms with Gasteiger partial charge in [0.05, 0.1) is 53.4 Å². The number of hydrogen-bond donors (Lipinski definition) is 3. The summed E-state index contributed by atoms with van der Waals surface area (Å²) in [5, 5.41) is 38.9. The van der Waals surface area contributed by atoms with Crippen LogP contribution in [0.5, 0.6) is 0 Å². The number of rotatable bonds is 7. The first-order valence-corrected chi connectivity index (χ1v) is 11.4. The molecule has 10 heteroatoms. The Morgan fingerprint density at radius 3 is 2.78 bits per heavy atom.